The Morgan fingerprint density at radius 3 is 2.25 bits per heavy atom. The van der Waals surface area contributed by atoms with Crippen LogP contribution in [0.25, 0.3) is 0 Å². The second-order valence-electron chi connectivity index (χ2n) is 4.12. The average molecular weight is 495 g/mol. The maximum absolute atomic E-state index is 11.7. The van der Waals surface area contributed by atoms with Crippen molar-refractivity contribution in [2.45, 2.75) is 0 Å². The minimum Gasteiger partial charge on any atom is -0.480 e. The molecule has 0 radical (unpaired) electrons. The molecule has 0 aliphatic heterocycles. The predicted octanol–water partition coefficient (Wildman–Crippen LogP) is 5.84. The molecule has 2 aromatic rings. The molecule has 0 unspecified atom stereocenters. The molecular formula is C13H6BrCl5N2O3. The second kappa shape index (κ2) is 8.65. The van der Waals surface area contributed by atoms with Gasteiger partial charge >= 0.3 is 0 Å². The Bertz CT molecular complexity index is 780. The van der Waals surface area contributed by atoms with Crippen molar-refractivity contribution in [1.29, 1.82) is 0 Å². The lowest BCUT2D eigenvalue weighted by atomic mass is 10.3. The van der Waals surface area contributed by atoms with Crippen LogP contribution in [0.4, 0.5) is 0 Å². The summed E-state index contributed by atoms with van der Waals surface area (Å²) in [6, 6.07) is 3.35. The largest absolute Gasteiger partial charge is 0.480 e. The van der Waals surface area contributed by atoms with E-state index < -0.39 is 12.5 Å². The molecule has 24 heavy (non-hydrogen) atoms. The van der Waals surface area contributed by atoms with Gasteiger partial charge in [0, 0.05) is 0 Å². The molecule has 1 N–H and O–H groups in total. The lowest BCUT2D eigenvalue weighted by molar-refractivity contribution is -0.123. The molecule has 1 amide bonds. The predicted molar refractivity (Wildman–Crippen MR) is 99.1 cm³/mol. The van der Waals surface area contributed by atoms with Gasteiger partial charge < -0.3 is 9.15 Å². The lowest BCUT2D eigenvalue weighted by Crippen LogP contribution is -2.24. The smallest absolute Gasteiger partial charge is 0.277 e. The van der Waals surface area contributed by atoms with E-state index in [4.69, 9.17) is 67.2 Å². The summed E-state index contributed by atoms with van der Waals surface area (Å²) in [4.78, 5) is 11.7. The zero-order valence-corrected chi connectivity index (χ0v) is 16.7. The number of carbonyl (C=O) groups excluding carboxylic acids is 1. The topological polar surface area (TPSA) is 63.8 Å². The standard InChI is InChI=1S/C13H6BrCl5N2O3/c14-6-2-1-5(24-6)3-20-21-7(22)4-23-13-11(18)9(16)8(15)10(17)12(13)19/h1-3H,4H2,(H,21,22). The zero-order chi connectivity index (χ0) is 17.9. The highest BCUT2D eigenvalue weighted by Gasteiger charge is 2.21. The van der Waals surface area contributed by atoms with Gasteiger partial charge in [-0.2, -0.15) is 5.10 Å². The van der Waals surface area contributed by atoms with Gasteiger partial charge in [-0.15, -0.1) is 0 Å². The van der Waals surface area contributed by atoms with E-state index in [1.54, 1.807) is 12.1 Å². The number of amides is 1. The summed E-state index contributed by atoms with van der Waals surface area (Å²) in [6.07, 6.45) is 1.32. The van der Waals surface area contributed by atoms with E-state index in [-0.39, 0.29) is 30.9 Å². The van der Waals surface area contributed by atoms with Crippen LogP contribution in [0.1, 0.15) is 5.76 Å². The molecule has 1 aromatic carbocycles. The van der Waals surface area contributed by atoms with Gasteiger partial charge in [0.15, 0.2) is 17.0 Å². The molecule has 0 spiro atoms. The van der Waals surface area contributed by atoms with Crippen LogP contribution in [0.3, 0.4) is 0 Å². The Morgan fingerprint density at radius 2 is 1.71 bits per heavy atom. The number of ether oxygens (including phenoxy) is 1. The molecule has 0 bridgehead atoms. The van der Waals surface area contributed by atoms with Crippen LogP contribution in [0, 0.1) is 0 Å². The van der Waals surface area contributed by atoms with Gasteiger partial charge in [0.25, 0.3) is 5.91 Å². The average Bonchev–Trinajstić information content (AvgIpc) is 2.96. The number of furan rings is 1. The first-order chi connectivity index (χ1) is 11.3. The van der Waals surface area contributed by atoms with E-state index in [9.17, 15) is 4.79 Å². The SMILES string of the molecule is O=C(COc1c(Cl)c(Cl)c(Cl)c(Cl)c1Cl)NN=Cc1ccc(Br)o1. The third-order valence-corrected chi connectivity index (χ3v) is 5.16. The van der Waals surface area contributed by atoms with Gasteiger partial charge in [-0.25, -0.2) is 5.43 Å². The molecule has 1 aromatic heterocycles. The van der Waals surface area contributed by atoms with Gasteiger partial charge in [0.2, 0.25) is 0 Å². The van der Waals surface area contributed by atoms with Crippen LogP contribution in [-0.4, -0.2) is 18.7 Å². The third kappa shape index (κ3) is 4.71. The highest BCUT2D eigenvalue weighted by molar-refractivity contribution is 9.10. The first-order valence-electron chi connectivity index (χ1n) is 6.02. The molecule has 128 valence electrons. The highest BCUT2D eigenvalue weighted by atomic mass is 79.9. The summed E-state index contributed by atoms with van der Waals surface area (Å²) in [5.41, 5.74) is 2.24. The summed E-state index contributed by atoms with van der Waals surface area (Å²) >= 11 is 32.8. The number of benzene rings is 1. The summed E-state index contributed by atoms with van der Waals surface area (Å²) in [5, 5.41) is 3.56. The second-order valence-corrected chi connectivity index (χ2v) is 6.79. The number of hydrogen-bond donors (Lipinski definition) is 1. The quantitative estimate of drug-likeness (QED) is 0.246. The Hall–Kier alpha value is -0.630. The van der Waals surface area contributed by atoms with Crippen LogP contribution in [0.5, 0.6) is 5.75 Å². The maximum Gasteiger partial charge on any atom is 0.277 e. The van der Waals surface area contributed by atoms with E-state index in [2.05, 4.69) is 26.5 Å². The molecule has 0 saturated carbocycles. The summed E-state index contributed by atoms with van der Waals surface area (Å²) in [5.74, 6) is -0.163. The van der Waals surface area contributed by atoms with Crippen molar-refractivity contribution in [1.82, 2.24) is 5.43 Å². The Balaban J connectivity index is 1.98. The molecule has 0 fully saturated rings. The van der Waals surface area contributed by atoms with Crippen LogP contribution >= 0.6 is 73.9 Å². The minimum absolute atomic E-state index is 0.000608. The maximum atomic E-state index is 11.7. The van der Waals surface area contributed by atoms with Crippen LogP contribution in [0.15, 0.2) is 26.3 Å². The van der Waals surface area contributed by atoms with Gasteiger partial charge in [0.05, 0.1) is 21.3 Å². The monoisotopic (exact) mass is 492 g/mol. The zero-order valence-electron chi connectivity index (χ0n) is 11.4. The van der Waals surface area contributed by atoms with Gasteiger partial charge in [-0.05, 0) is 28.1 Å². The number of hydrazone groups is 1. The first-order valence-corrected chi connectivity index (χ1v) is 8.71. The van der Waals surface area contributed by atoms with Crippen LogP contribution < -0.4 is 10.2 Å². The number of nitrogens with zero attached hydrogens (tertiary/aromatic N) is 1. The van der Waals surface area contributed by atoms with Gasteiger partial charge in [0.1, 0.15) is 15.8 Å². The van der Waals surface area contributed by atoms with Crippen molar-refractivity contribution in [2.24, 2.45) is 5.10 Å². The Kier molecular flexibility index (Phi) is 7.10. The summed E-state index contributed by atoms with van der Waals surface area (Å²) in [7, 11) is 0. The molecule has 0 saturated heterocycles. The van der Waals surface area contributed by atoms with Crippen LogP contribution in [0.2, 0.25) is 25.1 Å². The summed E-state index contributed by atoms with van der Waals surface area (Å²) < 4.78 is 11.0. The van der Waals surface area contributed by atoms with Crippen molar-refractivity contribution in [3.8, 4) is 5.75 Å². The molecule has 2 rings (SSSR count). The highest BCUT2D eigenvalue weighted by Crippen LogP contribution is 2.48. The fourth-order valence-electron chi connectivity index (χ4n) is 1.45. The lowest BCUT2D eigenvalue weighted by Gasteiger charge is -2.12. The molecule has 0 atom stereocenters. The van der Waals surface area contributed by atoms with E-state index in [1.807, 2.05) is 0 Å². The van der Waals surface area contributed by atoms with Crippen LogP contribution in [-0.2, 0) is 4.79 Å². The normalized spacial score (nSPS) is 11.1. The molecule has 0 aliphatic carbocycles. The molecule has 0 aliphatic rings. The fourth-order valence-corrected chi connectivity index (χ4v) is 3.00. The first kappa shape index (κ1) is 19.7. The third-order valence-electron chi connectivity index (χ3n) is 2.49. The Morgan fingerprint density at radius 1 is 1.12 bits per heavy atom. The molecule has 11 heteroatoms. The van der Waals surface area contributed by atoms with Crippen molar-refractivity contribution in [3.05, 3.63) is 47.7 Å². The minimum atomic E-state index is -0.564. The molecule has 1 heterocycles. The van der Waals surface area contributed by atoms with Gasteiger partial charge in [-0.1, -0.05) is 58.0 Å². The van der Waals surface area contributed by atoms with Crippen molar-refractivity contribution in [3.63, 3.8) is 0 Å². The Labute approximate surface area is 169 Å². The number of halogens is 6. The van der Waals surface area contributed by atoms with E-state index in [0.717, 1.165) is 0 Å². The number of nitrogens with one attached hydrogen (secondary N) is 1. The molecular weight excluding hydrogens is 489 g/mol. The molecule has 5 nitrogen and oxygen atoms in total. The van der Waals surface area contributed by atoms with Crippen molar-refractivity contribution >= 4 is 86.1 Å². The van der Waals surface area contributed by atoms with Gasteiger partial charge in [-0.3, -0.25) is 4.79 Å². The number of carbonyl (C=O) groups is 1. The number of hydrogen-bond acceptors (Lipinski definition) is 4. The van der Waals surface area contributed by atoms with Crippen molar-refractivity contribution in [2.75, 3.05) is 6.61 Å². The van der Waals surface area contributed by atoms with E-state index >= 15 is 0 Å². The van der Waals surface area contributed by atoms with E-state index in [0.29, 0.717) is 10.4 Å². The number of rotatable bonds is 5. The summed E-state index contributed by atoms with van der Waals surface area (Å²) in [6.45, 7) is -0.424. The fraction of sp³-hybridized carbons (Fsp3) is 0.0769. The van der Waals surface area contributed by atoms with Crippen molar-refractivity contribution < 1.29 is 13.9 Å². The van der Waals surface area contributed by atoms with E-state index in [1.165, 1.54) is 6.21 Å².